The van der Waals surface area contributed by atoms with Gasteiger partial charge in [-0.25, -0.2) is 13.1 Å². The number of carbonyl (C=O) groups excluding carboxylic acids is 2. The van der Waals surface area contributed by atoms with Crippen molar-refractivity contribution in [1.82, 2.24) is 4.72 Å². The lowest BCUT2D eigenvalue weighted by molar-refractivity contribution is -0.135. The van der Waals surface area contributed by atoms with Crippen molar-refractivity contribution in [3.8, 4) is 5.75 Å². The molecule has 26 heavy (non-hydrogen) atoms. The van der Waals surface area contributed by atoms with Gasteiger partial charge in [0.1, 0.15) is 5.75 Å². The molecule has 8 heteroatoms. The van der Waals surface area contributed by atoms with E-state index in [1.54, 1.807) is 18.6 Å². The molecule has 0 aliphatic rings. The van der Waals surface area contributed by atoms with Crippen molar-refractivity contribution in [2.24, 2.45) is 0 Å². The monoisotopic (exact) mass is 376 g/mol. The van der Waals surface area contributed by atoms with Gasteiger partial charge in [0.05, 0.1) is 12.0 Å². The number of carbonyl (C=O) groups is 2. The summed E-state index contributed by atoms with van der Waals surface area (Å²) in [4.78, 5) is 24.0. The van der Waals surface area contributed by atoms with Gasteiger partial charge in [-0.3, -0.25) is 9.59 Å². The molecule has 0 radical (unpaired) electrons. The van der Waals surface area contributed by atoms with Crippen molar-refractivity contribution in [2.75, 3.05) is 12.4 Å². The van der Waals surface area contributed by atoms with Crippen LogP contribution in [0.15, 0.2) is 41.3 Å². The normalized spacial score (nSPS) is 10.9. The molecular weight excluding hydrogens is 356 g/mol. The molecule has 7 nitrogen and oxygen atoms in total. The van der Waals surface area contributed by atoms with Crippen LogP contribution in [-0.4, -0.2) is 27.3 Å². The molecule has 2 aromatic carbocycles. The summed E-state index contributed by atoms with van der Waals surface area (Å²) in [7, 11) is -2.72. The van der Waals surface area contributed by atoms with E-state index in [1.165, 1.54) is 31.4 Å². The predicted molar refractivity (Wildman–Crippen MR) is 97.6 cm³/mol. The number of nitrogens with one attached hydrogen (secondary N) is 2. The van der Waals surface area contributed by atoms with Crippen LogP contribution in [0.25, 0.3) is 0 Å². The Hall–Kier alpha value is -2.87. The second-order valence-electron chi connectivity index (χ2n) is 5.84. The van der Waals surface area contributed by atoms with E-state index >= 15 is 0 Å². The third kappa shape index (κ3) is 4.40. The largest absolute Gasteiger partial charge is 0.497 e. The third-order valence-corrected chi connectivity index (χ3v) is 5.07. The molecule has 2 amide bonds. The fourth-order valence-corrected chi connectivity index (χ4v) is 3.48. The van der Waals surface area contributed by atoms with Crippen LogP contribution in [0.1, 0.15) is 16.7 Å². The van der Waals surface area contributed by atoms with Gasteiger partial charge < -0.3 is 10.1 Å². The lowest BCUT2D eigenvalue weighted by Crippen LogP contribution is -2.39. The third-order valence-electron chi connectivity index (χ3n) is 3.72. The van der Waals surface area contributed by atoms with Crippen LogP contribution in [-0.2, 0) is 19.6 Å². The number of aryl methyl sites for hydroxylation is 3. The maximum absolute atomic E-state index is 12.2. The lowest BCUT2D eigenvalue weighted by Gasteiger charge is -2.13. The number of methoxy groups -OCH3 is 1. The van der Waals surface area contributed by atoms with Crippen molar-refractivity contribution in [3.63, 3.8) is 0 Å². The molecule has 0 heterocycles. The maximum atomic E-state index is 12.2. The van der Waals surface area contributed by atoms with Crippen LogP contribution in [0.3, 0.4) is 0 Å². The van der Waals surface area contributed by atoms with Crippen molar-refractivity contribution < 1.29 is 22.7 Å². The van der Waals surface area contributed by atoms with Crippen LogP contribution < -0.4 is 14.8 Å². The molecule has 0 atom stereocenters. The van der Waals surface area contributed by atoms with Gasteiger partial charge >= 0.3 is 11.8 Å². The number of benzene rings is 2. The molecular formula is C18H20N2O5S. The van der Waals surface area contributed by atoms with Gasteiger partial charge in [-0.2, -0.15) is 0 Å². The van der Waals surface area contributed by atoms with E-state index in [9.17, 15) is 18.0 Å². The van der Waals surface area contributed by atoms with Crippen molar-refractivity contribution in [1.29, 1.82) is 0 Å². The van der Waals surface area contributed by atoms with E-state index in [1.807, 2.05) is 19.1 Å². The Bertz CT molecular complexity index is 927. The Morgan fingerprint density at radius 2 is 1.46 bits per heavy atom. The molecule has 0 aliphatic carbocycles. The summed E-state index contributed by atoms with van der Waals surface area (Å²) in [6, 6.07) is 9.15. The summed E-state index contributed by atoms with van der Waals surface area (Å²) in [6.45, 7) is 5.50. The highest BCUT2D eigenvalue weighted by molar-refractivity contribution is 7.90. The second-order valence-corrected chi connectivity index (χ2v) is 7.52. The van der Waals surface area contributed by atoms with Crippen LogP contribution >= 0.6 is 0 Å². The smallest absolute Gasteiger partial charge is 0.323 e. The first-order chi connectivity index (χ1) is 12.1. The molecule has 2 aromatic rings. The molecule has 0 aromatic heterocycles. The van der Waals surface area contributed by atoms with Gasteiger partial charge in [0.15, 0.2) is 0 Å². The summed E-state index contributed by atoms with van der Waals surface area (Å²) < 4.78 is 31.2. The molecule has 0 spiro atoms. The van der Waals surface area contributed by atoms with Gasteiger partial charge in [0.2, 0.25) is 0 Å². The molecule has 2 rings (SSSR count). The van der Waals surface area contributed by atoms with Gasteiger partial charge in [0.25, 0.3) is 10.0 Å². The molecule has 0 unspecified atom stereocenters. The first kappa shape index (κ1) is 19.5. The number of rotatable bonds is 4. The number of sulfonamides is 1. The van der Waals surface area contributed by atoms with Crippen molar-refractivity contribution in [2.45, 2.75) is 25.7 Å². The number of amides is 2. The maximum Gasteiger partial charge on any atom is 0.323 e. The molecule has 138 valence electrons. The summed E-state index contributed by atoms with van der Waals surface area (Å²) in [5, 5.41) is 2.46. The Kier molecular flexibility index (Phi) is 5.66. The summed E-state index contributed by atoms with van der Waals surface area (Å²) in [6.07, 6.45) is 0. The number of anilines is 1. The zero-order valence-electron chi connectivity index (χ0n) is 14.9. The van der Waals surface area contributed by atoms with Gasteiger partial charge in [-0.15, -0.1) is 0 Å². The highest BCUT2D eigenvalue weighted by atomic mass is 32.2. The molecule has 0 aliphatic heterocycles. The quantitative estimate of drug-likeness (QED) is 0.796. The van der Waals surface area contributed by atoms with Crippen LogP contribution in [0.5, 0.6) is 5.75 Å². The van der Waals surface area contributed by atoms with Crippen LogP contribution in [0, 0.1) is 20.8 Å². The first-order valence-electron chi connectivity index (χ1n) is 7.74. The minimum Gasteiger partial charge on any atom is -0.497 e. The zero-order valence-corrected chi connectivity index (χ0v) is 15.7. The summed E-state index contributed by atoms with van der Waals surface area (Å²) >= 11 is 0. The molecule has 0 saturated carbocycles. The topological polar surface area (TPSA) is 102 Å². The van der Waals surface area contributed by atoms with E-state index < -0.39 is 21.8 Å². The molecule has 0 fully saturated rings. The van der Waals surface area contributed by atoms with E-state index in [4.69, 9.17) is 4.74 Å². The average molecular weight is 376 g/mol. The Morgan fingerprint density at radius 1 is 0.923 bits per heavy atom. The van der Waals surface area contributed by atoms with Gasteiger partial charge in [-0.1, -0.05) is 17.7 Å². The number of ether oxygens (including phenoxy) is 1. The number of hydrogen-bond acceptors (Lipinski definition) is 5. The van der Waals surface area contributed by atoms with E-state index in [-0.39, 0.29) is 4.90 Å². The standard InChI is InChI=1S/C18H20N2O5S/c1-11-9-12(2)16(13(3)10-11)19-17(21)18(22)20-26(23,24)15-7-5-14(25-4)6-8-15/h5-10H,1-4H3,(H,19,21)(H,20,22). The predicted octanol–water partition coefficient (Wildman–Crippen LogP) is 2.06. The highest BCUT2D eigenvalue weighted by Crippen LogP contribution is 2.22. The second kappa shape index (κ2) is 7.57. The fraction of sp³-hybridized carbons (Fsp3) is 0.222. The Morgan fingerprint density at radius 3 is 1.96 bits per heavy atom. The Labute approximate surface area is 152 Å². The zero-order chi connectivity index (χ0) is 19.5. The average Bonchev–Trinajstić information content (AvgIpc) is 2.57. The molecule has 0 bridgehead atoms. The SMILES string of the molecule is COc1ccc(S(=O)(=O)NC(=O)C(=O)Nc2c(C)cc(C)cc2C)cc1. The number of hydrogen-bond donors (Lipinski definition) is 2. The molecule has 2 N–H and O–H groups in total. The van der Waals surface area contributed by atoms with Crippen LogP contribution in [0.4, 0.5) is 5.69 Å². The van der Waals surface area contributed by atoms with E-state index in [2.05, 4.69) is 5.32 Å². The molecule has 0 saturated heterocycles. The van der Waals surface area contributed by atoms with Gasteiger partial charge in [-0.05, 0) is 56.2 Å². The fourth-order valence-electron chi connectivity index (χ4n) is 2.53. The van der Waals surface area contributed by atoms with Crippen LogP contribution in [0.2, 0.25) is 0 Å². The first-order valence-corrected chi connectivity index (χ1v) is 9.22. The summed E-state index contributed by atoms with van der Waals surface area (Å²) in [5.41, 5.74) is 3.06. The lowest BCUT2D eigenvalue weighted by atomic mass is 10.1. The minimum atomic E-state index is -4.16. The van der Waals surface area contributed by atoms with Crippen molar-refractivity contribution >= 4 is 27.5 Å². The highest BCUT2D eigenvalue weighted by Gasteiger charge is 2.23. The minimum absolute atomic E-state index is 0.151. The Balaban J connectivity index is 2.14. The summed E-state index contributed by atoms with van der Waals surface area (Å²) in [5.74, 6) is -1.85. The van der Waals surface area contributed by atoms with E-state index in [0.29, 0.717) is 11.4 Å². The van der Waals surface area contributed by atoms with Crippen molar-refractivity contribution in [3.05, 3.63) is 53.1 Å². The van der Waals surface area contributed by atoms with Gasteiger partial charge in [0, 0.05) is 5.69 Å². The van der Waals surface area contributed by atoms with E-state index in [0.717, 1.165) is 16.7 Å².